The van der Waals surface area contributed by atoms with Gasteiger partial charge in [0, 0.05) is 20.6 Å². The van der Waals surface area contributed by atoms with Crippen LogP contribution in [0.2, 0.25) is 5.02 Å². The number of nitrogens with two attached hydrogens (primary N) is 1. The molecular weight excluding hydrogens is 338 g/mol. The molecule has 1 aliphatic rings. The van der Waals surface area contributed by atoms with Gasteiger partial charge in [0.25, 0.3) is 0 Å². The van der Waals surface area contributed by atoms with Gasteiger partial charge in [0.2, 0.25) is 0 Å². The Morgan fingerprint density at radius 2 is 1.90 bits per heavy atom. The lowest BCUT2D eigenvalue weighted by Crippen LogP contribution is -2.15. The molecule has 0 atom stereocenters. The fourth-order valence-corrected chi connectivity index (χ4v) is 2.76. The van der Waals surface area contributed by atoms with Gasteiger partial charge in [0.05, 0.1) is 17.9 Å². The first-order valence-corrected chi connectivity index (χ1v) is 7.24. The van der Waals surface area contributed by atoms with Crippen molar-refractivity contribution in [2.24, 2.45) is 15.7 Å². The number of nitrogens with zero attached hydrogens (tertiary/aromatic N) is 2. The summed E-state index contributed by atoms with van der Waals surface area (Å²) in [6, 6.07) is 13.5. The van der Waals surface area contributed by atoms with Crippen molar-refractivity contribution in [2.45, 2.75) is 0 Å². The lowest BCUT2D eigenvalue weighted by atomic mass is 10.0. The molecule has 20 heavy (non-hydrogen) atoms. The van der Waals surface area contributed by atoms with Gasteiger partial charge in [-0.3, -0.25) is 4.99 Å². The number of fused-ring (bicyclic) bond motifs is 1. The maximum atomic E-state index is 6.11. The van der Waals surface area contributed by atoms with Crippen molar-refractivity contribution < 1.29 is 0 Å². The Labute approximate surface area is 130 Å². The third kappa shape index (κ3) is 2.49. The highest BCUT2D eigenvalue weighted by Crippen LogP contribution is 2.30. The molecule has 3 rings (SSSR count). The van der Waals surface area contributed by atoms with Crippen molar-refractivity contribution in [1.29, 1.82) is 0 Å². The van der Waals surface area contributed by atoms with Crippen LogP contribution >= 0.6 is 27.5 Å². The fraction of sp³-hybridized carbons (Fsp3) is 0.0667. The summed E-state index contributed by atoms with van der Waals surface area (Å²) in [7, 11) is 0. The van der Waals surface area contributed by atoms with Crippen molar-refractivity contribution >= 4 is 44.8 Å². The van der Waals surface area contributed by atoms with Gasteiger partial charge in [-0.2, -0.15) is 0 Å². The molecule has 1 aliphatic heterocycles. The standard InChI is InChI=1S/C15H11BrClN3/c16-12-4-2-1-3-10(12)15-11-7-9(17)5-6-13(11)20-14(18)8-19-15/h1-7H,8H2,(H2,18,20). The van der Waals surface area contributed by atoms with Crippen LogP contribution in [-0.2, 0) is 0 Å². The molecule has 0 radical (unpaired) electrons. The third-order valence-corrected chi connectivity index (χ3v) is 3.93. The van der Waals surface area contributed by atoms with Crippen LogP contribution in [0.5, 0.6) is 0 Å². The average molecular weight is 349 g/mol. The molecule has 2 aromatic rings. The van der Waals surface area contributed by atoms with E-state index in [1.54, 1.807) is 6.07 Å². The Morgan fingerprint density at radius 1 is 1.10 bits per heavy atom. The summed E-state index contributed by atoms with van der Waals surface area (Å²) in [4.78, 5) is 8.98. The molecule has 2 N–H and O–H groups in total. The van der Waals surface area contributed by atoms with Gasteiger partial charge in [0.1, 0.15) is 5.84 Å². The summed E-state index contributed by atoms with van der Waals surface area (Å²) in [5.41, 5.74) is 9.40. The van der Waals surface area contributed by atoms with Crippen LogP contribution in [0.4, 0.5) is 5.69 Å². The average Bonchev–Trinajstić information content (AvgIpc) is 2.58. The maximum absolute atomic E-state index is 6.11. The van der Waals surface area contributed by atoms with E-state index in [4.69, 9.17) is 17.3 Å². The highest BCUT2D eigenvalue weighted by molar-refractivity contribution is 9.10. The second-order valence-corrected chi connectivity index (χ2v) is 5.70. The van der Waals surface area contributed by atoms with Gasteiger partial charge in [-0.15, -0.1) is 0 Å². The predicted molar refractivity (Wildman–Crippen MR) is 87.4 cm³/mol. The highest BCUT2D eigenvalue weighted by Gasteiger charge is 2.17. The van der Waals surface area contributed by atoms with E-state index in [2.05, 4.69) is 25.9 Å². The first-order chi connectivity index (χ1) is 9.65. The number of hydrogen-bond donors (Lipinski definition) is 1. The van der Waals surface area contributed by atoms with Crippen LogP contribution in [-0.4, -0.2) is 18.1 Å². The molecule has 5 heteroatoms. The lowest BCUT2D eigenvalue weighted by molar-refractivity contribution is 1.26. The van der Waals surface area contributed by atoms with Gasteiger partial charge in [0.15, 0.2) is 0 Å². The summed E-state index contributed by atoms with van der Waals surface area (Å²) < 4.78 is 0.977. The Morgan fingerprint density at radius 3 is 2.70 bits per heavy atom. The zero-order valence-corrected chi connectivity index (χ0v) is 12.8. The molecule has 0 bridgehead atoms. The zero-order chi connectivity index (χ0) is 14.1. The van der Waals surface area contributed by atoms with E-state index < -0.39 is 0 Å². The minimum atomic E-state index is 0.378. The molecular formula is C15H11BrClN3. The molecule has 2 aromatic carbocycles. The Balaban J connectivity index is 2.24. The molecule has 0 saturated heterocycles. The van der Waals surface area contributed by atoms with E-state index in [1.807, 2.05) is 36.4 Å². The molecule has 0 aliphatic carbocycles. The number of aliphatic imine (C=N–C) groups is 2. The first-order valence-electron chi connectivity index (χ1n) is 6.07. The number of rotatable bonds is 1. The second kappa shape index (κ2) is 5.38. The fourth-order valence-electron chi connectivity index (χ4n) is 2.11. The molecule has 0 fully saturated rings. The zero-order valence-electron chi connectivity index (χ0n) is 10.5. The minimum Gasteiger partial charge on any atom is -0.386 e. The smallest absolute Gasteiger partial charge is 0.121 e. The van der Waals surface area contributed by atoms with Gasteiger partial charge < -0.3 is 5.73 Å². The summed E-state index contributed by atoms with van der Waals surface area (Å²) in [5.74, 6) is 0.496. The largest absolute Gasteiger partial charge is 0.386 e. The van der Waals surface area contributed by atoms with E-state index in [0.717, 1.165) is 27.0 Å². The summed E-state index contributed by atoms with van der Waals surface area (Å²) in [5, 5.41) is 0.652. The normalized spacial score (nSPS) is 14.1. The van der Waals surface area contributed by atoms with E-state index in [-0.39, 0.29) is 0 Å². The molecule has 0 unspecified atom stereocenters. The molecule has 0 spiro atoms. The topological polar surface area (TPSA) is 50.7 Å². The van der Waals surface area contributed by atoms with E-state index in [9.17, 15) is 0 Å². The summed E-state index contributed by atoms with van der Waals surface area (Å²) in [6.45, 7) is 0.378. The summed E-state index contributed by atoms with van der Waals surface area (Å²) in [6.07, 6.45) is 0. The van der Waals surface area contributed by atoms with Crippen molar-refractivity contribution in [3.63, 3.8) is 0 Å². The van der Waals surface area contributed by atoms with E-state index in [0.29, 0.717) is 17.4 Å². The first kappa shape index (κ1) is 13.3. The molecule has 0 saturated carbocycles. The third-order valence-electron chi connectivity index (χ3n) is 3.01. The number of hydrogen-bond acceptors (Lipinski definition) is 3. The van der Waals surface area contributed by atoms with Gasteiger partial charge >= 0.3 is 0 Å². The van der Waals surface area contributed by atoms with Crippen LogP contribution in [0.15, 0.2) is 56.9 Å². The van der Waals surface area contributed by atoms with Crippen LogP contribution < -0.4 is 5.73 Å². The Kier molecular flexibility index (Phi) is 3.59. The van der Waals surface area contributed by atoms with Crippen molar-refractivity contribution in [2.75, 3.05) is 6.54 Å². The molecule has 100 valence electrons. The van der Waals surface area contributed by atoms with Crippen molar-refractivity contribution in [3.05, 3.63) is 63.1 Å². The van der Waals surface area contributed by atoms with E-state index in [1.165, 1.54) is 0 Å². The number of halogens is 2. The van der Waals surface area contributed by atoms with Crippen LogP contribution in [0, 0.1) is 0 Å². The van der Waals surface area contributed by atoms with Gasteiger partial charge in [-0.1, -0.05) is 45.7 Å². The highest BCUT2D eigenvalue weighted by atomic mass is 79.9. The monoisotopic (exact) mass is 347 g/mol. The van der Waals surface area contributed by atoms with Gasteiger partial charge in [-0.05, 0) is 24.3 Å². The van der Waals surface area contributed by atoms with Crippen LogP contribution in [0.1, 0.15) is 11.1 Å². The molecule has 3 nitrogen and oxygen atoms in total. The van der Waals surface area contributed by atoms with Gasteiger partial charge in [-0.25, -0.2) is 4.99 Å². The molecule has 0 amide bonds. The quantitative estimate of drug-likeness (QED) is 0.833. The lowest BCUT2D eigenvalue weighted by Gasteiger charge is -2.10. The van der Waals surface area contributed by atoms with E-state index >= 15 is 0 Å². The minimum absolute atomic E-state index is 0.378. The predicted octanol–water partition coefficient (Wildman–Crippen LogP) is 3.94. The second-order valence-electron chi connectivity index (χ2n) is 4.41. The molecule has 1 heterocycles. The maximum Gasteiger partial charge on any atom is 0.121 e. The van der Waals surface area contributed by atoms with Crippen molar-refractivity contribution in [1.82, 2.24) is 0 Å². The summed E-state index contributed by atoms with van der Waals surface area (Å²) >= 11 is 9.67. The number of benzene rings is 2. The van der Waals surface area contributed by atoms with Crippen molar-refractivity contribution in [3.8, 4) is 0 Å². The van der Waals surface area contributed by atoms with Crippen LogP contribution in [0.25, 0.3) is 0 Å². The Hall–Kier alpha value is -1.65. The Bertz CT molecular complexity index is 738. The number of amidine groups is 1. The SMILES string of the molecule is NC1=Nc2ccc(Cl)cc2C(c2ccccc2Br)=NC1. The van der Waals surface area contributed by atoms with Crippen LogP contribution in [0.3, 0.4) is 0 Å². The molecule has 0 aromatic heterocycles.